The Morgan fingerprint density at radius 1 is 1.13 bits per heavy atom. The topological polar surface area (TPSA) is 20.2 Å². The van der Waals surface area contributed by atoms with Crippen molar-refractivity contribution in [3.8, 4) is 0 Å². The Morgan fingerprint density at radius 3 is 2.40 bits per heavy atom. The molecule has 0 aromatic heterocycles. The highest BCUT2D eigenvalue weighted by Crippen LogP contribution is 2.24. The molecule has 1 aromatic carbocycles. The quantitative estimate of drug-likeness (QED) is 0.727. The Hall–Kier alpha value is -1.30. The normalized spacial score (nSPS) is 15.1. The minimum Gasteiger partial charge on any atom is -0.391 e. The number of aliphatic hydroxyl groups excluding tert-OH is 1. The van der Waals surface area contributed by atoms with Crippen LogP contribution in [0.5, 0.6) is 0 Å². The van der Waals surface area contributed by atoms with Crippen LogP contribution in [-0.2, 0) is 0 Å². The maximum absolute atomic E-state index is 9.33. The number of aliphatic hydroxyl groups is 1. The van der Waals surface area contributed by atoms with Gasteiger partial charge in [0.2, 0.25) is 0 Å². The average Bonchev–Trinajstić information content (AvgIpc) is 2.80. The Labute approximate surface area is 90.8 Å². The van der Waals surface area contributed by atoms with Gasteiger partial charge in [-0.3, -0.25) is 0 Å². The summed E-state index contributed by atoms with van der Waals surface area (Å²) in [5, 5.41) is 9.33. The molecule has 0 saturated heterocycles. The minimum atomic E-state index is 0.0769. The second kappa shape index (κ2) is 4.97. The molecule has 0 heterocycles. The lowest BCUT2D eigenvalue weighted by Crippen LogP contribution is -1.88. The van der Waals surface area contributed by atoms with Gasteiger partial charge < -0.3 is 5.11 Å². The molecule has 78 valence electrons. The molecule has 1 aromatic rings. The molecule has 1 aliphatic rings. The van der Waals surface area contributed by atoms with Crippen molar-refractivity contribution in [1.82, 2.24) is 0 Å². The van der Waals surface area contributed by atoms with E-state index in [9.17, 15) is 5.11 Å². The first-order chi connectivity index (χ1) is 7.40. The summed E-state index contributed by atoms with van der Waals surface area (Å²) in [4.78, 5) is 0. The summed E-state index contributed by atoms with van der Waals surface area (Å²) >= 11 is 0. The van der Waals surface area contributed by atoms with Crippen LogP contribution in [0.15, 0.2) is 41.6 Å². The lowest BCUT2D eigenvalue weighted by atomic mass is 10.1. The van der Waals surface area contributed by atoms with Gasteiger partial charge in [-0.25, -0.2) is 0 Å². The predicted molar refractivity (Wildman–Crippen MR) is 62.4 cm³/mol. The van der Waals surface area contributed by atoms with Crippen LogP contribution >= 0.6 is 0 Å². The van der Waals surface area contributed by atoms with Crippen molar-refractivity contribution in [3.05, 3.63) is 47.2 Å². The van der Waals surface area contributed by atoms with E-state index in [4.69, 9.17) is 0 Å². The van der Waals surface area contributed by atoms with Crippen LogP contribution in [0.4, 0.5) is 0 Å². The molecular weight excluding hydrogens is 184 g/mol. The largest absolute Gasteiger partial charge is 0.391 e. The van der Waals surface area contributed by atoms with E-state index in [1.165, 1.54) is 18.4 Å². The van der Waals surface area contributed by atoms with Crippen molar-refractivity contribution in [2.75, 3.05) is 6.61 Å². The molecular formula is C14H16O. The molecule has 1 nitrogen and oxygen atoms in total. The van der Waals surface area contributed by atoms with E-state index in [-0.39, 0.29) is 6.61 Å². The highest BCUT2D eigenvalue weighted by Gasteiger charge is 2.06. The van der Waals surface area contributed by atoms with E-state index in [1.54, 1.807) is 0 Å². The SMILES string of the molecule is OCC(=C=C1CCCC1)c1ccccc1. The van der Waals surface area contributed by atoms with Gasteiger partial charge in [-0.1, -0.05) is 30.3 Å². The summed E-state index contributed by atoms with van der Waals surface area (Å²) in [6.07, 6.45) is 4.85. The first kappa shape index (κ1) is 10.2. The molecule has 1 saturated carbocycles. The summed E-state index contributed by atoms with van der Waals surface area (Å²) in [7, 11) is 0. The lowest BCUT2D eigenvalue weighted by Gasteiger charge is -2.01. The molecule has 1 aliphatic carbocycles. The highest BCUT2D eigenvalue weighted by molar-refractivity contribution is 5.65. The summed E-state index contributed by atoms with van der Waals surface area (Å²) in [5.41, 5.74) is 6.74. The number of rotatable bonds is 2. The molecule has 1 heteroatoms. The van der Waals surface area contributed by atoms with Crippen molar-refractivity contribution >= 4 is 5.57 Å². The van der Waals surface area contributed by atoms with Gasteiger partial charge in [-0.15, -0.1) is 5.73 Å². The lowest BCUT2D eigenvalue weighted by molar-refractivity contribution is 0.350. The molecule has 0 spiro atoms. The number of hydrogen-bond donors (Lipinski definition) is 1. The zero-order valence-corrected chi connectivity index (χ0v) is 8.87. The van der Waals surface area contributed by atoms with Gasteiger partial charge in [0, 0.05) is 5.57 Å². The van der Waals surface area contributed by atoms with Gasteiger partial charge in [0.1, 0.15) is 0 Å². The first-order valence-corrected chi connectivity index (χ1v) is 5.54. The van der Waals surface area contributed by atoms with Crippen molar-refractivity contribution < 1.29 is 5.11 Å². The molecule has 0 unspecified atom stereocenters. The molecule has 2 rings (SSSR count). The van der Waals surface area contributed by atoms with Gasteiger partial charge in [0.15, 0.2) is 0 Å². The van der Waals surface area contributed by atoms with Crippen molar-refractivity contribution in [1.29, 1.82) is 0 Å². The van der Waals surface area contributed by atoms with E-state index >= 15 is 0 Å². The molecule has 1 N–H and O–H groups in total. The zero-order chi connectivity index (χ0) is 10.5. The van der Waals surface area contributed by atoms with Crippen molar-refractivity contribution in [2.24, 2.45) is 0 Å². The summed E-state index contributed by atoms with van der Waals surface area (Å²) in [6, 6.07) is 10.0. The van der Waals surface area contributed by atoms with Gasteiger partial charge in [0.05, 0.1) is 6.61 Å². The third-order valence-electron chi connectivity index (χ3n) is 2.82. The minimum absolute atomic E-state index is 0.0769. The molecule has 0 atom stereocenters. The van der Waals surface area contributed by atoms with Crippen LogP contribution in [0.25, 0.3) is 5.57 Å². The first-order valence-electron chi connectivity index (χ1n) is 5.54. The molecule has 15 heavy (non-hydrogen) atoms. The van der Waals surface area contributed by atoms with Crippen LogP contribution in [-0.4, -0.2) is 11.7 Å². The second-order valence-corrected chi connectivity index (χ2v) is 3.94. The van der Waals surface area contributed by atoms with E-state index in [0.717, 1.165) is 24.0 Å². The zero-order valence-electron chi connectivity index (χ0n) is 8.87. The molecule has 0 aliphatic heterocycles. The molecule has 0 amide bonds. The number of benzene rings is 1. The van der Waals surface area contributed by atoms with Gasteiger partial charge in [0.25, 0.3) is 0 Å². The molecule has 0 bridgehead atoms. The van der Waals surface area contributed by atoms with Crippen molar-refractivity contribution in [2.45, 2.75) is 25.7 Å². The van der Waals surface area contributed by atoms with Gasteiger partial charge in [-0.05, 0) is 36.8 Å². The fraction of sp³-hybridized carbons (Fsp3) is 0.357. The average molecular weight is 200 g/mol. The van der Waals surface area contributed by atoms with Crippen LogP contribution < -0.4 is 0 Å². The number of hydrogen-bond acceptors (Lipinski definition) is 1. The standard InChI is InChI=1S/C14H16O/c15-11-14(10-12-6-4-5-7-12)13-8-2-1-3-9-13/h1-3,8-9,15H,4-7,11H2. The smallest absolute Gasteiger partial charge is 0.0759 e. The highest BCUT2D eigenvalue weighted by atomic mass is 16.3. The van der Waals surface area contributed by atoms with E-state index in [0.29, 0.717) is 0 Å². The van der Waals surface area contributed by atoms with E-state index in [1.807, 2.05) is 30.3 Å². The van der Waals surface area contributed by atoms with Gasteiger partial charge in [-0.2, -0.15) is 0 Å². The maximum atomic E-state index is 9.33. The van der Waals surface area contributed by atoms with Crippen LogP contribution in [0, 0.1) is 0 Å². The van der Waals surface area contributed by atoms with E-state index in [2.05, 4.69) is 5.73 Å². The Kier molecular flexibility index (Phi) is 3.39. The third kappa shape index (κ3) is 2.59. The Balaban J connectivity index is 2.35. The second-order valence-electron chi connectivity index (χ2n) is 3.94. The van der Waals surface area contributed by atoms with Crippen LogP contribution in [0.3, 0.4) is 0 Å². The predicted octanol–water partition coefficient (Wildman–Crippen LogP) is 3.16. The third-order valence-corrected chi connectivity index (χ3v) is 2.82. The summed E-state index contributed by atoms with van der Waals surface area (Å²) in [5.74, 6) is 0. The Morgan fingerprint density at radius 2 is 1.80 bits per heavy atom. The van der Waals surface area contributed by atoms with E-state index < -0.39 is 0 Å². The van der Waals surface area contributed by atoms with Crippen LogP contribution in [0.1, 0.15) is 31.2 Å². The summed E-state index contributed by atoms with van der Waals surface area (Å²) < 4.78 is 0. The van der Waals surface area contributed by atoms with Crippen molar-refractivity contribution in [3.63, 3.8) is 0 Å². The van der Waals surface area contributed by atoms with Gasteiger partial charge >= 0.3 is 0 Å². The molecule has 1 fully saturated rings. The maximum Gasteiger partial charge on any atom is 0.0759 e. The van der Waals surface area contributed by atoms with Crippen LogP contribution in [0.2, 0.25) is 0 Å². The monoisotopic (exact) mass is 200 g/mol. The Bertz CT molecular complexity index is 375. The fourth-order valence-corrected chi connectivity index (χ4v) is 1.98. The fourth-order valence-electron chi connectivity index (χ4n) is 1.98. The molecule has 0 radical (unpaired) electrons. The summed E-state index contributed by atoms with van der Waals surface area (Å²) in [6.45, 7) is 0.0769.